The highest BCUT2D eigenvalue weighted by atomic mass is 16.5. The number of hydrogen-bond donors (Lipinski definition) is 0. The molecule has 0 aromatic rings. The van der Waals surface area contributed by atoms with Gasteiger partial charge in [0, 0.05) is 13.7 Å². The van der Waals surface area contributed by atoms with Gasteiger partial charge in [-0.2, -0.15) is 7.05 Å². The van der Waals surface area contributed by atoms with Gasteiger partial charge in [-0.3, -0.25) is 0 Å². The van der Waals surface area contributed by atoms with E-state index in [-0.39, 0.29) is 0 Å². The van der Waals surface area contributed by atoms with Gasteiger partial charge in [-0.05, 0) is 6.42 Å². The molecular weight excluding hydrogens is 102 g/mol. The Balaban J connectivity index is 2.86. The van der Waals surface area contributed by atoms with E-state index < -0.39 is 0 Å². The van der Waals surface area contributed by atoms with Crippen LogP contribution in [0.3, 0.4) is 0 Å². The predicted octanol–water partition coefficient (Wildman–Crippen LogP) is 1.41. The normalized spacial score (nSPS) is 13.9. The van der Waals surface area contributed by atoms with Crippen molar-refractivity contribution in [1.29, 1.82) is 0 Å². The molecule has 2 heteroatoms. The van der Waals surface area contributed by atoms with Gasteiger partial charge in [0.25, 0.3) is 0 Å². The minimum absolute atomic E-state index is 0.454. The fraction of sp³-hybridized carbons (Fsp3) is 1.00. The first-order chi connectivity index (χ1) is 3.81. The van der Waals surface area contributed by atoms with Crippen LogP contribution in [0.1, 0.15) is 13.3 Å². The van der Waals surface area contributed by atoms with Crippen molar-refractivity contribution in [2.45, 2.75) is 19.4 Å². The Morgan fingerprint density at radius 2 is 2.25 bits per heavy atom. The molecule has 0 saturated carbocycles. The third kappa shape index (κ3) is 4.09. The third-order valence-electron chi connectivity index (χ3n) is 1.18. The van der Waals surface area contributed by atoms with E-state index >= 15 is 0 Å². The van der Waals surface area contributed by atoms with Crippen molar-refractivity contribution >= 4 is 0 Å². The van der Waals surface area contributed by atoms with Crippen LogP contribution < -0.4 is 0 Å². The molecule has 50 valence electrons. The first-order valence-electron chi connectivity index (χ1n) is 2.89. The molecule has 0 aliphatic rings. The van der Waals surface area contributed by atoms with Gasteiger partial charge in [0.1, 0.15) is 0 Å². The highest BCUT2D eigenvalue weighted by Crippen LogP contribution is 1.99. The maximum absolute atomic E-state index is 4.85. The Kier molecular flexibility index (Phi) is 5.01. The first-order valence-corrected chi connectivity index (χ1v) is 2.89. The summed E-state index contributed by atoms with van der Waals surface area (Å²) in [5.41, 5.74) is 0. The van der Waals surface area contributed by atoms with Crippen LogP contribution in [-0.4, -0.2) is 26.8 Å². The Bertz CT molecular complexity index is 47.8. The molecule has 2 nitrogen and oxygen atoms in total. The number of methoxy groups -OCH3 is 1. The SMILES string of the molecule is C[N-]C(C)CCOC. The van der Waals surface area contributed by atoms with Gasteiger partial charge >= 0.3 is 0 Å². The van der Waals surface area contributed by atoms with Gasteiger partial charge < -0.3 is 10.1 Å². The fourth-order valence-electron chi connectivity index (χ4n) is 0.418. The van der Waals surface area contributed by atoms with Crippen LogP contribution in [0.2, 0.25) is 0 Å². The molecule has 0 aromatic carbocycles. The molecule has 0 aliphatic carbocycles. The summed E-state index contributed by atoms with van der Waals surface area (Å²) in [5, 5.41) is 4.05. The molecule has 0 N–H and O–H groups in total. The van der Waals surface area contributed by atoms with Gasteiger partial charge in [0.15, 0.2) is 0 Å². The lowest BCUT2D eigenvalue weighted by atomic mass is 10.2. The second-order valence-electron chi connectivity index (χ2n) is 1.89. The summed E-state index contributed by atoms with van der Waals surface area (Å²) in [7, 11) is 3.54. The molecule has 8 heavy (non-hydrogen) atoms. The standard InChI is InChI=1S/C6H14NO/c1-6(7-2)4-5-8-3/h6H,4-5H2,1-3H3/q-1. The van der Waals surface area contributed by atoms with Crippen molar-refractivity contribution in [2.24, 2.45) is 0 Å². The number of hydrogen-bond acceptors (Lipinski definition) is 1. The Morgan fingerprint density at radius 3 is 2.62 bits per heavy atom. The number of nitrogens with zero attached hydrogens (tertiary/aromatic N) is 1. The Morgan fingerprint density at radius 1 is 1.62 bits per heavy atom. The number of rotatable bonds is 4. The lowest BCUT2D eigenvalue weighted by molar-refractivity contribution is 0.192. The highest BCUT2D eigenvalue weighted by Gasteiger charge is 1.84. The van der Waals surface area contributed by atoms with E-state index in [0.29, 0.717) is 6.04 Å². The predicted molar refractivity (Wildman–Crippen MR) is 35.2 cm³/mol. The van der Waals surface area contributed by atoms with E-state index in [1.807, 2.05) is 7.05 Å². The zero-order valence-corrected chi connectivity index (χ0v) is 5.85. The molecular formula is C6H14NO-. The summed E-state index contributed by atoms with van der Waals surface area (Å²) < 4.78 is 4.85. The summed E-state index contributed by atoms with van der Waals surface area (Å²) in [4.78, 5) is 0. The molecule has 0 rings (SSSR count). The topological polar surface area (TPSA) is 23.3 Å². The van der Waals surface area contributed by atoms with Crippen molar-refractivity contribution in [3.8, 4) is 0 Å². The molecule has 0 saturated heterocycles. The van der Waals surface area contributed by atoms with Crippen LogP contribution in [0.15, 0.2) is 0 Å². The zero-order valence-electron chi connectivity index (χ0n) is 5.85. The van der Waals surface area contributed by atoms with Crippen LogP contribution in [0.4, 0.5) is 0 Å². The van der Waals surface area contributed by atoms with Crippen LogP contribution >= 0.6 is 0 Å². The molecule has 1 atom stereocenters. The van der Waals surface area contributed by atoms with Gasteiger partial charge in [0.05, 0.1) is 0 Å². The van der Waals surface area contributed by atoms with Gasteiger partial charge in [0.2, 0.25) is 0 Å². The number of ether oxygens (including phenoxy) is 1. The maximum atomic E-state index is 4.85. The Hall–Kier alpha value is -0.0800. The average Bonchev–Trinajstić information content (AvgIpc) is 1.83. The molecule has 0 aromatic heterocycles. The van der Waals surface area contributed by atoms with E-state index in [9.17, 15) is 0 Å². The summed E-state index contributed by atoms with van der Waals surface area (Å²) in [6, 6.07) is 0.454. The summed E-state index contributed by atoms with van der Waals surface area (Å²) >= 11 is 0. The second kappa shape index (κ2) is 5.06. The first kappa shape index (κ1) is 7.92. The van der Waals surface area contributed by atoms with E-state index in [1.54, 1.807) is 7.11 Å². The zero-order chi connectivity index (χ0) is 6.41. The molecule has 0 fully saturated rings. The average molecular weight is 116 g/mol. The molecule has 1 unspecified atom stereocenters. The van der Waals surface area contributed by atoms with E-state index in [1.165, 1.54) is 0 Å². The van der Waals surface area contributed by atoms with E-state index in [4.69, 9.17) is 4.74 Å². The third-order valence-corrected chi connectivity index (χ3v) is 1.18. The quantitative estimate of drug-likeness (QED) is 0.544. The summed E-state index contributed by atoms with van der Waals surface area (Å²) in [6.07, 6.45) is 1.03. The maximum Gasteiger partial charge on any atom is 0.0448 e. The smallest absolute Gasteiger partial charge is 0.0448 e. The van der Waals surface area contributed by atoms with Crippen molar-refractivity contribution in [3.63, 3.8) is 0 Å². The largest absolute Gasteiger partial charge is 0.662 e. The highest BCUT2D eigenvalue weighted by molar-refractivity contribution is 4.80. The molecule has 0 aliphatic heterocycles. The molecule has 0 spiro atoms. The summed E-state index contributed by atoms with van der Waals surface area (Å²) in [6.45, 7) is 2.90. The van der Waals surface area contributed by atoms with Crippen molar-refractivity contribution in [1.82, 2.24) is 0 Å². The summed E-state index contributed by atoms with van der Waals surface area (Å²) in [5.74, 6) is 0. The fourth-order valence-corrected chi connectivity index (χ4v) is 0.418. The molecule has 0 amide bonds. The molecule has 0 radical (unpaired) electrons. The van der Waals surface area contributed by atoms with Crippen LogP contribution in [0.25, 0.3) is 5.32 Å². The van der Waals surface area contributed by atoms with Crippen molar-refractivity contribution < 1.29 is 4.74 Å². The van der Waals surface area contributed by atoms with Crippen LogP contribution in [-0.2, 0) is 4.74 Å². The van der Waals surface area contributed by atoms with Gasteiger partial charge in [-0.25, -0.2) is 0 Å². The van der Waals surface area contributed by atoms with Crippen molar-refractivity contribution in [2.75, 3.05) is 20.8 Å². The lowest BCUT2D eigenvalue weighted by Gasteiger charge is -2.21. The second-order valence-corrected chi connectivity index (χ2v) is 1.89. The van der Waals surface area contributed by atoms with E-state index in [2.05, 4.69) is 12.2 Å². The minimum Gasteiger partial charge on any atom is -0.662 e. The molecule has 0 bridgehead atoms. The van der Waals surface area contributed by atoms with Gasteiger partial charge in [-0.1, -0.05) is 6.92 Å². The Labute approximate surface area is 51.2 Å². The molecule has 0 heterocycles. The minimum atomic E-state index is 0.454. The lowest BCUT2D eigenvalue weighted by Crippen LogP contribution is -2.02. The van der Waals surface area contributed by atoms with Crippen molar-refractivity contribution in [3.05, 3.63) is 5.32 Å². The monoisotopic (exact) mass is 116 g/mol. The van der Waals surface area contributed by atoms with E-state index in [0.717, 1.165) is 13.0 Å². The van der Waals surface area contributed by atoms with Crippen LogP contribution in [0.5, 0.6) is 0 Å². The van der Waals surface area contributed by atoms with Gasteiger partial charge in [-0.15, -0.1) is 6.04 Å². The van der Waals surface area contributed by atoms with Crippen LogP contribution in [0, 0.1) is 0 Å².